The van der Waals surface area contributed by atoms with Crippen molar-refractivity contribution >= 4 is 57.3 Å². The lowest BCUT2D eigenvalue weighted by Crippen LogP contribution is -2.28. The molecule has 8 aromatic rings. The van der Waals surface area contributed by atoms with Crippen LogP contribution in [0.5, 0.6) is 0 Å². The van der Waals surface area contributed by atoms with Gasteiger partial charge in [-0.1, -0.05) is 120 Å². The number of para-hydroxylation sites is 4. The van der Waals surface area contributed by atoms with Gasteiger partial charge in [0, 0.05) is 54.1 Å². The van der Waals surface area contributed by atoms with E-state index in [0.717, 1.165) is 33.6 Å². The molecule has 0 spiro atoms. The molecule has 59 heavy (non-hydrogen) atoms. The first-order valence-electron chi connectivity index (χ1n) is 18.6. The topological polar surface area (TPSA) is 119 Å². The summed E-state index contributed by atoms with van der Waals surface area (Å²) in [5.41, 5.74) is 9.21. The minimum absolute atomic E-state index is 0.103. The Morgan fingerprint density at radius 1 is 0.525 bits per heavy atom. The van der Waals surface area contributed by atoms with Crippen LogP contribution in [0, 0.1) is 0 Å². The van der Waals surface area contributed by atoms with Crippen LogP contribution in [0.3, 0.4) is 0 Å². The molecule has 288 valence electrons. The number of halogens is 1. The number of aromatic nitrogens is 4. The number of hydrogen-bond donors (Lipinski definition) is 1. The number of anilines is 2. The third-order valence-corrected chi connectivity index (χ3v) is 10.2. The second-order valence-electron chi connectivity index (χ2n) is 13.4. The van der Waals surface area contributed by atoms with Crippen LogP contribution < -0.4 is 10.2 Å². The Bertz CT molecular complexity index is 2890. The van der Waals surface area contributed by atoms with Gasteiger partial charge in [0.1, 0.15) is 0 Å². The molecule has 0 saturated heterocycles. The van der Waals surface area contributed by atoms with Crippen molar-refractivity contribution in [1.82, 2.24) is 19.6 Å². The second kappa shape index (κ2) is 16.7. The van der Waals surface area contributed by atoms with Crippen molar-refractivity contribution in [1.29, 1.82) is 0 Å². The highest BCUT2D eigenvalue weighted by molar-refractivity contribution is 14.1. The number of hydrogen-bond acceptors (Lipinski definition) is 6. The zero-order valence-corrected chi connectivity index (χ0v) is 34.1. The fourth-order valence-corrected chi connectivity index (χ4v) is 7.53. The van der Waals surface area contributed by atoms with Crippen molar-refractivity contribution in [2.24, 2.45) is 0 Å². The number of carbonyl (C=O) groups excluding carboxylic acids is 4. The maximum atomic E-state index is 13.5. The molecular formula is C48H35IN6O4. The summed E-state index contributed by atoms with van der Waals surface area (Å²) in [6.45, 7) is 0. The Labute approximate surface area is 353 Å². The van der Waals surface area contributed by atoms with E-state index >= 15 is 0 Å². The minimum atomic E-state index is -0.322. The van der Waals surface area contributed by atoms with E-state index in [9.17, 15) is 19.2 Å². The SMILES string of the molecule is CI.CN(C(=O)c1cccc2c1C(=O)c1ccccc1-2)c1ccccc1-n1cccn1.O=C(Nc1ccccc1-n1cccn1)c1cccc2c1C(=O)c1ccccc1-2. The van der Waals surface area contributed by atoms with E-state index in [0.29, 0.717) is 44.8 Å². The fourth-order valence-electron chi connectivity index (χ4n) is 7.53. The van der Waals surface area contributed by atoms with Gasteiger partial charge in [0.05, 0.1) is 33.9 Å². The van der Waals surface area contributed by atoms with Crippen LogP contribution in [0.2, 0.25) is 0 Å². The number of amides is 2. The Morgan fingerprint density at radius 2 is 0.983 bits per heavy atom. The van der Waals surface area contributed by atoms with Crippen LogP contribution in [-0.4, -0.2) is 54.9 Å². The monoisotopic (exact) mass is 886 g/mol. The maximum absolute atomic E-state index is 13.5. The van der Waals surface area contributed by atoms with E-state index in [1.807, 2.05) is 145 Å². The molecule has 2 aliphatic rings. The molecule has 2 aromatic heterocycles. The number of benzene rings is 6. The van der Waals surface area contributed by atoms with Gasteiger partial charge >= 0.3 is 0 Å². The lowest BCUT2D eigenvalue weighted by Gasteiger charge is -2.21. The molecule has 0 unspecified atom stereocenters. The third kappa shape index (κ3) is 7.06. The average Bonchev–Trinajstić information content (AvgIpc) is 4.13. The van der Waals surface area contributed by atoms with Crippen molar-refractivity contribution in [3.63, 3.8) is 0 Å². The number of alkyl halides is 1. The molecule has 2 heterocycles. The standard InChI is InChI=1S/C24H17N3O2.C23H15N3O2.CH3I/c1-26(20-12-4-5-13-21(20)27-15-7-14-25-27)24(29)19-11-6-10-17-16-8-2-3-9-18(16)23(28)22(17)19;27-22-17-8-2-1-7-15(17)16-9-5-10-18(21(16)22)23(28)25-19-11-3-4-12-20(19)26-14-6-13-24-26;1-2/h2-15H,1H3;1-14H,(H,25,28);1H3. The Kier molecular flexibility index (Phi) is 10.9. The number of fused-ring (bicyclic) bond motifs is 6. The summed E-state index contributed by atoms with van der Waals surface area (Å²) in [4.78, 5) is 56.1. The van der Waals surface area contributed by atoms with Crippen molar-refractivity contribution in [3.8, 4) is 33.6 Å². The van der Waals surface area contributed by atoms with Crippen molar-refractivity contribution in [3.05, 3.63) is 204 Å². The van der Waals surface area contributed by atoms with Crippen molar-refractivity contribution in [2.45, 2.75) is 0 Å². The maximum Gasteiger partial charge on any atom is 0.258 e. The largest absolute Gasteiger partial charge is 0.320 e. The molecule has 0 aliphatic heterocycles. The average molecular weight is 887 g/mol. The van der Waals surface area contributed by atoms with Crippen LogP contribution >= 0.6 is 22.6 Å². The fraction of sp³-hybridized carbons (Fsp3) is 0.0417. The zero-order valence-electron chi connectivity index (χ0n) is 31.9. The normalized spacial score (nSPS) is 11.5. The first kappa shape index (κ1) is 38.6. The molecule has 0 bridgehead atoms. The summed E-state index contributed by atoms with van der Waals surface area (Å²) in [6.07, 6.45) is 7.01. The lowest BCUT2D eigenvalue weighted by molar-refractivity contribution is 0.0977. The van der Waals surface area contributed by atoms with Gasteiger partial charge < -0.3 is 10.2 Å². The Hall–Kier alpha value is -7.25. The van der Waals surface area contributed by atoms with Gasteiger partial charge in [0.2, 0.25) is 0 Å². The predicted octanol–water partition coefficient (Wildman–Crippen LogP) is 9.75. The molecule has 1 N–H and O–H groups in total. The van der Waals surface area contributed by atoms with Crippen molar-refractivity contribution < 1.29 is 19.2 Å². The summed E-state index contributed by atoms with van der Waals surface area (Å²) >= 11 is 2.15. The van der Waals surface area contributed by atoms with Crippen LogP contribution in [0.4, 0.5) is 11.4 Å². The van der Waals surface area contributed by atoms with Gasteiger partial charge in [-0.05, 0) is 75.7 Å². The molecule has 10 nitrogen and oxygen atoms in total. The highest BCUT2D eigenvalue weighted by atomic mass is 127. The molecule has 10 rings (SSSR count). The van der Waals surface area contributed by atoms with E-state index in [1.165, 1.54) is 0 Å². The lowest BCUT2D eigenvalue weighted by atomic mass is 9.99. The molecule has 2 aliphatic carbocycles. The van der Waals surface area contributed by atoms with Crippen LogP contribution in [0.15, 0.2) is 170 Å². The van der Waals surface area contributed by atoms with Crippen LogP contribution in [-0.2, 0) is 0 Å². The van der Waals surface area contributed by atoms with E-state index < -0.39 is 0 Å². The number of carbonyl (C=O) groups is 4. The summed E-state index contributed by atoms with van der Waals surface area (Å²) in [7, 11) is 1.72. The van der Waals surface area contributed by atoms with Crippen molar-refractivity contribution in [2.75, 3.05) is 22.2 Å². The smallest absolute Gasteiger partial charge is 0.258 e. The number of nitrogens with one attached hydrogen (secondary N) is 1. The highest BCUT2D eigenvalue weighted by Crippen LogP contribution is 2.40. The molecule has 0 saturated carbocycles. The number of nitrogens with zero attached hydrogens (tertiary/aromatic N) is 5. The van der Waals surface area contributed by atoms with Gasteiger partial charge in [0.25, 0.3) is 11.8 Å². The first-order valence-corrected chi connectivity index (χ1v) is 20.8. The molecule has 11 heteroatoms. The van der Waals surface area contributed by atoms with Gasteiger partial charge in [-0.25, -0.2) is 9.36 Å². The molecule has 0 radical (unpaired) electrons. The third-order valence-electron chi connectivity index (χ3n) is 10.2. The highest BCUT2D eigenvalue weighted by Gasteiger charge is 2.33. The quantitative estimate of drug-likeness (QED) is 0.131. The minimum Gasteiger partial charge on any atom is -0.320 e. The van der Waals surface area contributed by atoms with E-state index in [4.69, 9.17) is 0 Å². The number of rotatable bonds is 6. The Balaban J connectivity index is 0.000000158. The molecule has 2 amide bonds. The molecular weight excluding hydrogens is 851 g/mol. The van der Waals surface area contributed by atoms with Gasteiger partial charge in [-0.15, -0.1) is 0 Å². The van der Waals surface area contributed by atoms with E-state index in [-0.39, 0.29) is 23.4 Å². The van der Waals surface area contributed by atoms with Crippen LogP contribution in [0.25, 0.3) is 33.6 Å². The first-order chi connectivity index (χ1) is 28.9. The molecule has 0 fully saturated rings. The van der Waals surface area contributed by atoms with Crippen LogP contribution in [0.1, 0.15) is 52.6 Å². The second-order valence-corrected chi connectivity index (χ2v) is 13.4. The summed E-state index contributed by atoms with van der Waals surface area (Å²) in [5, 5.41) is 11.5. The summed E-state index contributed by atoms with van der Waals surface area (Å²) in [5.74, 6) is -0.773. The summed E-state index contributed by atoms with van der Waals surface area (Å²) < 4.78 is 3.40. The number of ketones is 2. The summed E-state index contributed by atoms with van der Waals surface area (Å²) in [6, 6.07) is 44.4. The molecule has 6 aromatic carbocycles. The van der Waals surface area contributed by atoms with E-state index in [1.54, 1.807) is 51.9 Å². The molecule has 0 atom stereocenters. The predicted molar refractivity (Wildman–Crippen MR) is 238 cm³/mol. The van der Waals surface area contributed by atoms with Gasteiger partial charge in [-0.2, -0.15) is 10.2 Å². The Morgan fingerprint density at radius 3 is 1.56 bits per heavy atom. The van der Waals surface area contributed by atoms with Gasteiger partial charge in [-0.3, -0.25) is 19.2 Å². The zero-order chi connectivity index (χ0) is 41.0. The van der Waals surface area contributed by atoms with E-state index in [2.05, 4.69) is 38.1 Å². The van der Waals surface area contributed by atoms with Gasteiger partial charge in [0.15, 0.2) is 11.6 Å².